The van der Waals surface area contributed by atoms with Crippen LogP contribution in [0.1, 0.15) is 40.0 Å². The maximum absolute atomic E-state index is 12.2. The van der Waals surface area contributed by atoms with Crippen molar-refractivity contribution in [2.24, 2.45) is 0 Å². The molecule has 1 aromatic rings. The average Bonchev–Trinajstić information content (AvgIpc) is 2.49. The first-order valence-corrected chi connectivity index (χ1v) is 8.50. The number of hydrogen-bond acceptors (Lipinski definition) is 4. The fourth-order valence-electron chi connectivity index (χ4n) is 1.95. The van der Waals surface area contributed by atoms with Gasteiger partial charge < -0.3 is 10.2 Å². The molecule has 1 rings (SSSR count). The van der Waals surface area contributed by atoms with Crippen LogP contribution >= 0.6 is 15.9 Å². The minimum Gasteiger partial charge on any atom is -0.381 e. The van der Waals surface area contributed by atoms with E-state index in [1.54, 1.807) is 6.20 Å². The second kappa shape index (κ2) is 9.20. The normalized spacial score (nSPS) is 12.7. The molecular weight excluding hydrogens is 332 g/mol. The second-order valence-electron chi connectivity index (χ2n) is 5.42. The molecule has 21 heavy (non-hydrogen) atoms. The summed E-state index contributed by atoms with van der Waals surface area (Å²) < 4.78 is 2.09. The molecule has 5 nitrogen and oxygen atoms in total. The molecule has 6 heteroatoms. The lowest BCUT2D eigenvalue weighted by Crippen LogP contribution is -2.33. The van der Waals surface area contributed by atoms with Crippen LogP contribution in [0.5, 0.6) is 0 Å². The number of nitrogens with zero attached hydrogens (tertiary/aromatic N) is 3. The Morgan fingerprint density at radius 2 is 2.19 bits per heavy atom. The van der Waals surface area contributed by atoms with Gasteiger partial charge in [-0.1, -0.05) is 20.3 Å². The van der Waals surface area contributed by atoms with Crippen molar-refractivity contribution in [1.82, 2.24) is 14.7 Å². The van der Waals surface area contributed by atoms with Crippen molar-refractivity contribution < 1.29 is 0 Å². The van der Waals surface area contributed by atoms with Crippen LogP contribution in [0.3, 0.4) is 0 Å². The number of anilines is 1. The molecule has 1 atom stereocenters. The van der Waals surface area contributed by atoms with E-state index < -0.39 is 0 Å². The molecule has 0 saturated heterocycles. The van der Waals surface area contributed by atoms with E-state index in [-0.39, 0.29) is 5.56 Å². The van der Waals surface area contributed by atoms with E-state index in [9.17, 15) is 4.79 Å². The number of aryl methyl sites for hydroxylation is 1. The first-order chi connectivity index (χ1) is 10.0. The van der Waals surface area contributed by atoms with Gasteiger partial charge in [0, 0.05) is 25.7 Å². The predicted molar refractivity (Wildman–Crippen MR) is 92.0 cm³/mol. The fourth-order valence-corrected chi connectivity index (χ4v) is 2.40. The highest BCUT2D eigenvalue weighted by molar-refractivity contribution is 9.10. The number of halogens is 1. The molecule has 0 aliphatic heterocycles. The summed E-state index contributed by atoms with van der Waals surface area (Å²) in [4.78, 5) is 14.5. The molecular formula is C15H27BrN4O. The monoisotopic (exact) mass is 358 g/mol. The van der Waals surface area contributed by atoms with Crippen molar-refractivity contribution in [3.05, 3.63) is 21.0 Å². The van der Waals surface area contributed by atoms with Crippen LogP contribution in [-0.2, 0) is 6.54 Å². The minimum atomic E-state index is -0.0660. The zero-order valence-electron chi connectivity index (χ0n) is 13.5. The van der Waals surface area contributed by atoms with Crippen LogP contribution in [0.15, 0.2) is 15.5 Å². The Morgan fingerprint density at radius 1 is 1.48 bits per heavy atom. The van der Waals surface area contributed by atoms with Crippen molar-refractivity contribution in [2.75, 3.05) is 25.5 Å². The number of hydrogen-bond donors (Lipinski definition) is 1. The van der Waals surface area contributed by atoms with Crippen molar-refractivity contribution in [1.29, 1.82) is 0 Å². The third-order valence-corrected chi connectivity index (χ3v) is 4.60. The van der Waals surface area contributed by atoms with Crippen molar-refractivity contribution in [2.45, 2.75) is 52.6 Å². The van der Waals surface area contributed by atoms with Gasteiger partial charge in [0.15, 0.2) is 0 Å². The third kappa shape index (κ3) is 5.43. The predicted octanol–water partition coefficient (Wildman–Crippen LogP) is 2.95. The van der Waals surface area contributed by atoms with E-state index in [0.717, 1.165) is 38.0 Å². The summed E-state index contributed by atoms with van der Waals surface area (Å²) in [6, 6.07) is 0.565. The summed E-state index contributed by atoms with van der Waals surface area (Å²) in [7, 11) is 2.12. The Balaban J connectivity index is 2.60. The summed E-state index contributed by atoms with van der Waals surface area (Å²) in [5.74, 6) is 0. The Morgan fingerprint density at radius 3 is 2.81 bits per heavy atom. The van der Waals surface area contributed by atoms with Gasteiger partial charge in [-0.2, -0.15) is 5.10 Å². The van der Waals surface area contributed by atoms with Gasteiger partial charge in [0.2, 0.25) is 0 Å². The lowest BCUT2D eigenvalue weighted by molar-refractivity contribution is 0.261. The average molecular weight is 359 g/mol. The quantitative estimate of drug-likeness (QED) is 0.737. The second-order valence-corrected chi connectivity index (χ2v) is 6.21. The zero-order valence-corrected chi connectivity index (χ0v) is 15.1. The lowest BCUT2D eigenvalue weighted by atomic mass is 10.2. The topological polar surface area (TPSA) is 50.2 Å². The van der Waals surface area contributed by atoms with Gasteiger partial charge in [0.1, 0.15) is 4.47 Å². The number of rotatable bonds is 9. The highest BCUT2D eigenvalue weighted by atomic mass is 79.9. The Bertz CT molecular complexity index is 489. The van der Waals surface area contributed by atoms with Crippen LogP contribution in [0, 0.1) is 0 Å². The number of unbranched alkanes of at least 4 members (excludes halogenated alkanes) is 1. The summed E-state index contributed by atoms with van der Waals surface area (Å²) in [5.41, 5.74) is 0.703. The summed E-state index contributed by atoms with van der Waals surface area (Å²) in [5, 5.41) is 7.51. The maximum atomic E-state index is 12.2. The van der Waals surface area contributed by atoms with Gasteiger partial charge in [0.05, 0.1) is 11.9 Å². The van der Waals surface area contributed by atoms with Crippen LogP contribution in [-0.4, -0.2) is 40.9 Å². The van der Waals surface area contributed by atoms with Gasteiger partial charge in [-0.3, -0.25) is 4.79 Å². The molecule has 1 N–H and O–H groups in total. The fraction of sp³-hybridized carbons (Fsp3) is 0.733. The standard InChI is InChI=1S/C15H27BrN4O/c1-5-7-9-20-15(21)14(16)13(11-18-20)17-8-10-19(4)12(3)6-2/h11-12,17H,5-10H2,1-4H3. The van der Waals surface area contributed by atoms with Gasteiger partial charge in [-0.05, 0) is 42.7 Å². The summed E-state index contributed by atoms with van der Waals surface area (Å²) in [6.07, 6.45) is 4.87. The number of nitrogens with one attached hydrogen (secondary N) is 1. The lowest BCUT2D eigenvalue weighted by Gasteiger charge is -2.23. The van der Waals surface area contributed by atoms with E-state index in [0.29, 0.717) is 17.1 Å². The van der Waals surface area contributed by atoms with E-state index >= 15 is 0 Å². The third-order valence-electron chi connectivity index (χ3n) is 3.83. The van der Waals surface area contributed by atoms with Crippen LogP contribution in [0.4, 0.5) is 5.69 Å². The number of aromatic nitrogens is 2. The summed E-state index contributed by atoms with van der Waals surface area (Å²) >= 11 is 3.38. The first kappa shape index (κ1) is 18.2. The first-order valence-electron chi connectivity index (χ1n) is 7.70. The van der Waals surface area contributed by atoms with E-state index in [1.165, 1.54) is 4.68 Å². The Labute approximate surface area is 135 Å². The molecule has 0 amide bonds. The van der Waals surface area contributed by atoms with Gasteiger partial charge in [0.25, 0.3) is 5.56 Å². The van der Waals surface area contributed by atoms with Crippen LogP contribution in [0.2, 0.25) is 0 Å². The molecule has 0 saturated carbocycles. The zero-order chi connectivity index (χ0) is 15.8. The molecule has 1 unspecified atom stereocenters. The highest BCUT2D eigenvalue weighted by Crippen LogP contribution is 2.16. The van der Waals surface area contributed by atoms with Crippen molar-refractivity contribution in [3.63, 3.8) is 0 Å². The van der Waals surface area contributed by atoms with E-state index in [2.05, 4.69) is 59.1 Å². The summed E-state index contributed by atoms with van der Waals surface area (Å²) in [6.45, 7) is 8.89. The van der Waals surface area contributed by atoms with E-state index in [4.69, 9.17) is 0 Å². The molecule has 0 spiro atoms. The molecule has 1 heterocycles. The Hall–Kier alpha value is -0.880. The van der Waals surface area contributed by atoms with Crippen LogP contribution in [0.25, 0.3) is 0 Å². The molecule has 0 aliphatic carbocycles. The maximum Gasteiger partial charge on any atom is 0.283 e. The molecule has 0 fully saturated rings. The SMILES string of the molecule is CCCCn1ncc(NCCN(C)C(C)CC)c(Br)c1=O. The molecule has 0 radical (unpaired) electrons. The van der Waals surface area contributed by atoms with E-state index in [1.807, 2.05) is 0 Å². The Kier molecular flexibility index (Phi) is 7.96. The molecule has 120 valence electrons. The molecule has 0 bridgehead atoms. The van der Waals surface area contributed by atoms with Crippen LogP contribution < -0.4 is 10.9 Å². The van der Waals surface area contributed by atoms with Crippen molar-refractivity contribution in [3.8, 4) is 0 Å². The molecule has 1 aromatic heterocycles. The van der Waals surface area contributed by atoms with Crippen molar-refractivity contribution >= 4 is 21.6 Å². The molecule has 0 aliphatic rings. The smallest absolute Gasteiger partial charge is 0.283 e. The van der Waals surface area contributed by atoms with Gasteiger partial charge >= 0.3 is 0 Å². The molecule has 0 aromatic carbocycles. The highest BCUT2D eigenvalue weighted by Gasteiger charge is 2.09. The van der Waals surface area contributed by atoms with Gasteiger partial charge in [-0.15, -0.1) is 0 Å². The largest absolute Gasteiger partial charge is 0.381 e. The van der Waals surface area contributed by atoms with Gasteiger partial charge in [-0.25, -0.2) is 4.68 Å². The number of likely N-dealkylation sites (N-methyl/N-ethyl adjacent to an activating group) is 1. The minimum absolute atomic E-state index is 0.0660.